The van der Waals surface area contributed by atoms with Crippen LogP contribution in [-0.2, 0) is 40.2 Å². The first-order valence-electron chi connectivity index (χ1n) is 17.4. The van der Waals surface area contributed by atoms with E-state index < -0.39 is 47.3 Å². The van der Waals surface area contributed by atoms with E-state index in [0.29, 0.717) is 32.2 Å². The quantitative estimate of drug-likeness (QED) is 0.201. The number of halogens is 2. The molecule has 2 aliphatic heterocycles. The molecule has 0 aromatic heterocycles. The van der Waals surface area contributed by atoms with Crippen LogP contribution < -0.4 is 20.7 Å². The molecule has 3 amide bonds. The highest BCUT2D eigenvalue weighted by molar-refractivity contribution is 5.96. The highest BCUT2D eigenvalue weighted by Crippen LogP contribution is 2.35. The third-order valence-corrected chi connectivity index (χ3v) is 10.4. The van der Waals surface area contributed by atoms with Crippen molar-refractivity contribution in [1.29, 1.82) is 0 Å². The average molecular weight is 691 g/mol. The Labute approximate surface area is 292 Å². The first-order chi connectivity index (χ1) is 23.9. The molecule has 1 saturated heterocycles. The average Bonchev–Trinajstić information content (AvgIpc) is 3.41. The highest BCUT2D eigenvalue weighted by atomic mass is 19.1. The number of carbonyl (C=O) groups is 3. The van der Waals surface area contributed by atoms with Crippen LogP contribution in [0.25, 0.3) is 0 Å². The number of benzene rings is 3. The van der Waals surface area contributed by atoms with Gasteiger partial charge in [0.15, 0.2) is 0 Å². The van der Waals surface area contributed by atoms with Crippen molar-refractivity contribution in [3.05, 3.63) is 101 Å². The lowest BCUT2D eigenvalue weighted by Crippen LogP contribution is -2.61. The molecular formula is C39H48F2N4O5. The van der Waals surface area contributed by atoms with E-state index in [2.05, 4.69) is 16.0 Å². The number of nitrogens with zero attached hydrogens (tertiary/aromatic N) is 1. The van der Waals surface area contributed by atoms with Crippen molar-refractivity contribution in [3.63, 3.8) is 0 Å². The topological polar surface area (TPSA) is 120 Å². The summed E-state index contributed by atoms with van der Waals surface area (Å²) in [4.78, 5) is 42.7. The molecule has 0 radical (unpaired) electrons. The summed E-state index contributed by atoms with van der Waals surface area (Å²) in [5.41, 5.74) is 2.06. The summed E-state index contributed by atoms with van der Waals surface area (Å²) in [6.07, 6.45) is 0.948. The monoisotopic (exact) mass is 690 g/mol. The van der Waals surface area contributed by atoms with Gasteiger partial charge in [0.2, 0.25) is 17.7 Å². The number of methoxy groups -OCH3 is 1. The normalized spacial score (nSPS) is 21.1. The Balaban J connectivity index is 1.46. The van der Waals surface area contributed by atoms with Crippen molar-refractivity contribution < 1.29 is 33.0 Å². The number of hydrogen-bond donors (Lipinski definition) is 4. The Morgan fingerprint density at radius 2 is 1.80 bits per heavy atom. The van der Waals surface area contributed by atoms with Crippen molar-refractivity contribution >= 4 is 17.7 Å². The SMILES string of the molecule is CCC(C)[C@@]1(NC(C)=O)CCN([C@@H](CCc2ccccc2)C(=O)N[C@@H](Cc2cc(F)cc(F)c2)[C@H](O)C2Cc3cccc(OC)c3CN2)C1=O. The van der Waals surface area contributed by atoms with Crippen LogP contribution in [0.5, 0.6) is 5.75 Å². The van der Waals surface area contributed by atoms with Crippen LogP contribution in [0.2, 0.25) is 0 Å². The van der Waals surface area contributed by atoms with Crippen molar-refractivity contribution in [3.8, 4) is 5.75 Å². The van der Waals surface area contributed by atoms with Crippen LogP contribution in [0.4, 0.5) is 8.78 Å². The molecular weight excluding hydrogens is 642 g/mol. The van der Waals surface area contributed by atoms with E-state index in [1.165, 1.54) is 19.1 Å². The molecule has 0 saturated carbocycles. The maximum absolute atomic E-state index is 14.5. The van der Waals surface area contributed by atoms with Gasteiger partial charge in [-0.3, -0.25) is 14.4 Å². The van der Waals surface area contributed by atoms with Crippen LogP contribution in [0.1, 0.15) is 62.3 Å². The van der Waals surface area contributed by atoms with E-state index in [-0.39, 0.29) is 42.7 Å². The number of amides is 3. The molecule has 0 spiro atoms. The first-order valence-corrected chi connectivity index (χ1v) is 17.4. The Morgan fingerprint density at radius 1 is 1.08 bits per heavy atom. The molecule has 9 nitrogen and oxygen atoms in total. The van der Waals surface area contributed by atoms with Gasteiger partial charge in [0.25, 0.3) is 0 Å². The predicted molar refractivity (Wildman–Crippen MR) is 186 cm³/mol. The van der Waals surface area contributed by atoms with E-state index >= 15 is 0 Å². The third kappa shape index (κ3) is 8.16. The standard InChI is InChI=1S/C39H48F2N4O5/c1-5-24(2)39(44-25(3)46)16-17-45(38(39)49)34(15-14-26-10-7-6-8-11-26)37(48)43-33(20-27-18-29(40)22-30(41)19-27)36(47)32-21-28-12-9-13-35(50-4)31(28)23-42-32/h6-13,18-19,22,24,32-34,36,42,47H,5,14-17,20-21,23H2,1-4H3,(H,43,48)(H,44,46)/t24?,32?,33-,34-,36+,39-/m0/s1. The molecule has 6 atom stereocenters. The summed E-state index contributed by atoms with van der Waals surface area (Å²) < 4.78 is 34.2. The van der Waals surface area contributed by atoms with Gasteiger partial charge in [-0.2, -0.15) is 0 Å². The van der Waals surface area contributed by atoms with Gasteiger partial charge < -0.3 is 30.7 Å². The Kier molecular flexibility index (Phi) is 11.9. The van der Waals surface area contributed by atoms with Crippen molar-refractivity contribution in [2.75, 3.05) is 13.7 Å². The lowest BCUT2D eigenvalue weighted by Gasteiger charge is -2.37. The second-order valence-electron chi connectivity index (χ2n) is 13.6. The van der Waals surface area contributed by atoms with Gasteiger partial charge in [0, 0.05) is 37.7 Å². The number of rotatable bonds is 14. The molecule has 50 heavy (non-hydrogen) atoms. The Morgan fingerprint density at radius 3 is 2.46 bits per heavy atom. The lowest BCUT2D eigenvalue weighted by atomic mass is 9.81. The summed E-state index contributed by atoms with van der Waals surface area (Å²) in [6.45, 7) is 5.93. The second kappa shape index (κ2) is 16.1. The Bertz CT molecular complexity index is 1650. The van der Waals surface area contributed by atoms with Crippen LogP contribution >= 0.6 is 0 Å². The minimum absolute atomic E-state index is 0.0627. The van der Waals surface area contributed by atoms with Crippen molar-refractivity contribution in [1.82, 2.24) is 20.9 Å². The summed E-state index contributed by atoms with van der Waals surface area (Å²) in [5.74, 6) is -2.12. The number of carbonyl (C=O) groups excluding carboxylic acids is 3. The molecule has 1 fully saturated rings. The lowest BCUT2D eigenvalue weighted by molar-refractivity contribution is -0.144. The number of ether oxygens (including phenoxy) is 1. The maximum atomic E-state index is 14.5. The fourth-order valence-electron chi connectivity index (χ4n) is 7.57. The molecule has 2 heterocycles. The second-order valence-corrected chi connectivity index (χ2v) is 13.6. The fraction of sp³-hybridized carbons (Fsp3) is 0.462. The number of aryl methyl sites for hydroxylation is 1. The Hall–Kier alpha value is -4.35. The van der Waals surface area contributed by atoms with E-state index in [9.17, 15) is 28.3 Å². The summed E-state index contributed by atoms with van der Waals surface area (Å²) >= 11 is 0. The molecule has 3 aromatic rings. The minimum atomic E-state index is -1.17. The maximum Gasteiger partial charge on any atom is 0.249 e. The van der Waals surface area contributed by atoms with Gasteiger partial charge in [-0.15, -0.1) is 0 Å². The van der Waals surface area contributed by atoms with Gasteiger partial charge in [-0.1, -0.05) is 62.7 Å². The molecule has 11 heteroatoms. The number of aliphatic hydroxyl groups excluding tert-OH is 1. The molecule has 5 rings (SSSR count). The molecule has 268 valence electrons. The van der Waals surface area contributed by atoms with Gasteiger partial charge in [0.1, 0.15) is 29.0 Å². The van der Waals surface area contributed by atoms with Crippen LogP contribution in [0.3, 0.4) is 0 Å². The van der Waals surface area contributed by atoms with Crippen LogP contribution in [0, 0.1) is 17.6 Å². The molecule has 3 aromatic carbocycles. The van der Waals surface area contributed by atoms with Gasteiger partial charge >= 0.3 is 0 Å². The van der Waals surface area contributed by atoms with Gasteiger partial charge in [0.05, 0.1) is 19.3 Å². The predicted octanol–water partition coefficient (Wildman–Crippen LogP) is 4.23. The van der Waals surface area contributed by atoms with Crippen molar-refractivity contribution in [2.45, 2.75) is 95.6 Å². The van der Waals surface area contributed by atoms with E-state index in [0.717, 1.165) is 28.5 Å². The number of aliphatic hydroxyl groups is 1. The van der Waals surface area contributed by atoms with Crippen LogP contribution in [0.15, 0.2) is 66.7 Å². The molecule has 4 N–H and O–H groups in total. The highest BCUT2D eigenvalue weighted by Gasteiger charge is 2.53. The fourth-order valence-corrected chi connectivity index (χ4v) is 7.57. The van der Waals surface area contributed by atoms with E-state index in [4.69, 9.17) is 4.74 Å². The van der Waals surface area contributed by atoms with E-state index in [1.54, 1.807) is 12.0 Å². The van der Waals surface area contributed by atoms with Crippen molar-refractivity contribution in [2.24, 2.45) is 5.92 Å². The van der Waals surface area contributed by atoms with Gasteiger partial charge in [-0.25, -0.2) is 8.78 Å². The minimum Gasteiger partial charge on any atom is -0.496 e. The number of nitrogens with one attached hydrogen (secondary N) is 3. The zero-order valence-electron chi connectivity index (χ0n) is 29.2. The number of likely N-dealkylation sites (tertiary alicyclic amines) is 1. The molecule has 2 unspecified atom stereocenters. The zero-order chi connectivity index (χ0) is 36.0. The molecule has 0 aliphatic carbocycles. The zero-order valence-corrected chi connectivity index (χ0v) is 29.2. The van der Waals surface area contributed by atoms with Crippen LogP contribution in [-0.4, -0.2) is 71.2 Å². The third-order valence-electron chi connectivity index (χ3n) is 10.4. The van der Waals surface area contributed by atoms with Gasteiger partial charge in [-0.05, 0) is 72.9 Å². The number of fused-ring (bicyclic) bond motifs is 1. The smallest absolute Gasteiger partial charge is 0.249 e. The summed E-state index contributed by atoms with van der Waals surface area (Å²) in [7, 11) is 1.60. The first kappa shape index (κ1) is 36.9. The largest absolute Gasteiger partial charge is 0.496 e. The molecule has 0 bridgehead atoms. The molecule has 2 aliphatic rings. The summed E-state index contributed by atoms with van der Waals surface area (Å²) in [5, 5.41) is 21.2. The van der Waals surface area contributed by atoms with E-state index in [1.807, 2.05) is 62.4 Å². The number of hydrogen-bond acceptors (Lipinski definition) is 6. The summed E-state index contributed by atoms with van der Waals surface area (Å²) in [6, 6.07) is 16.1.